The maximum atomic E-state index is 6.22. The first-order valence-electron chi connectivity index (χ1n) is 7.07. The van der Waals surface area contributed by atoms with Crippen LogP contribution >= 0.6 is 11.6 Å². The van der Waals surface area contributed by atoms with E-state index in [1.54, 1.807) is 0 Å². The maximum Gasteiger partial charge on any atom is 0.0860 e. The van der Waals surface area contributed by atoms with Gasteiger partial charge in [0, 0.05) is 13.6 Å². The van der Waals surface area contributed by atoms with Crippen molar-refractivity contribution in [3.63, 3.8) is 0 Å². The minimum atomic E-state index is 0.808. The third kappa shape index (κ3) is 3.48. The van der Waals surface area contributed by atoms with Crippen LogP contribution in [0.2, 0.25) is 5.02 Å². The SMILES string of the molecule is Cc1nn(C)c(CNCCC2CCCCC2)c1Cl. The zero-order valence-electron chi connectivity index (χ0n) is 11.5. The first-order valence-corrected chi connectivity index (χ1v) is 7.45. The highest BCUT2D eigenvalue weighted by molar-refractivity contribution is 6.31. The van der Waals surface area contributed by atoms with Gasteiger partial charge in [0.25, 0.3) is 0 Å². The van der Waals surface area contributed by atoms with Gasteiger partial charge in [-0.15, -0.1) is 0 Å². The Bertz CT molecular complexity index is 381. The van der Waals surface area contributed by atoms with Gasteiger partial charge in [0.1, 0.15) is 0 Å². The molecule has 0 unspecified atom stereocenters. The van der Waals surface area contributed by atoms with Crippen molar-refractivity contribution in [3.05, 3.63) is 16.4 Å². The van der Waals surface area contributed by atoms with Crippen LogP contribution in [0.5, 0.6) is 0 Å². The van der Waals surface area contributed by atoms with E-state index in [-0.39, 0.29) is 0 Å². The average molecular weight is 270 g/mol. The van der Waals surface area contributed by atoms with E-state index >= 15 is 0 Å². The number of aromatic nitrogens is 2. The van der Waals surface area contributed by atoms with Gasteiger partial charge in [0.05, 0.1) is 16.4 Å². The Labute approximate surface area is 115 Å². The summed E-state index contributed by atoms with van der Waals surface area (Å²) in [5, 5.41) is 8.63. The molecule has 1 heterocycles. The number of nitrogens with zero attached hydrogens (tertiary/aromatic N) is 2. The summed E-state index contributed by atoms with van der Waals surface area (Å²) in [6.45, 7) is 3.86. The summed E-state index contributed by atoms with van der Waals surface area (Å²) >= 11 is 6.22. The zero-order valence-corrected chi connectivity index (χ0v) is 12.3. The van der Waals surface area contributed by atoms with Crippen LogP contribution in [-0.4, -0.2) is 16.3 Å². The molecule has 0 radical (unpaired) electrons. The minimum Gasteiger partial charge on any atom is -0.311 e. The van der Waals surface area contributed by atoms with Crippen molar-refractivity contribution < 1.29 is 0 Å². The van der Waals surface area contributed by atoms with Crippen molar-refractivity contribution >= 4 is 11.6 Å². The Morgan fingerprint density at radius 3 is 2.67 bits per heavy atom. The number of nitrogens with one attached hydrogen (secondary N) is 1. The average Bonchev–Trinajstić information content (AvgIpc) is 2.61. The van der Waals surface area contributed by atoms with Crippen molar-refractivity contribution in [1.82, 2.24) is 15.1 Å². The third-order valence-electron chi connectivity index (χ3n) is 4.01. The van der Waals surface area contributed by atoms with Crippen molar-refractivity contribution in [2.75, 3.05) is 6.54 Å². The van der Waals surface area contributed by atoms with Gasteiger partial charge in [-0.2, -0.15) is 5.10 Å². The molecule has 18 heavy (non-hydrogen) atoms. The molecule has 0 amide bonds. The van der Waals surface area contributed by atoms with E-state index in [0.29, 0.717) is 0 Å². The fourth-order valence-corrected chi connectivity index (χ4v) is 3.09. The highest BCUT2D eigenvalue weighted by atomic mass is 35.5. The lowest BCUT2D eigenvalue weighted by molar-refractivity contribution is 0.333. The van der Waals surface area contributed by atoms with Crippen LogP contribution < -0.4 is 5.32 Å². The second kappa shape index (κ2) is 6.58. The summed E-state index contributed by atoms with van der Waals surface area (Å²) in [6.07, 6.45) is 8.44. The first kappa shape index (κ1) is 13.9. The van der Waals surface area contributed by atoms with Crippen molar-refractivity contribution in [3.8, 4) is 0 Å². The van der Waals surface area contributed by atoms with E-state index < -0.39 is 0 Å². The first-order chi connectivity index (χ1) is 8.68. The quantitative estimate of drug-likeness (QED) is 0.830. The van der Waals surface area contributed by atoms with Crippen molar-refractivity contribution in [1.29, 1.82) is 0 Å². The fourth-order valence-electron chi connectivity index (χ4n) is 2.86. The van der Waals surface area contributed by atoms with Gasteiger partial charge in [-0.05, 0) is 25.8 Å². The van der Waals surface area contributed by atoms with E-state index in [0.717, 1.165) is 35.4 Å². The van der Waals surface area contributed by atoms with Gasteiger partial charge in [-0.25, -0.2) is 0 Å². The van der Waals surface area contributed by atoms with E-state index in [4.69, 9.17) is 11.6 Å². The molecule has 2 rings (SSSR count). The minimum absolute atomic E-state index is 0.808. The molecule has 1 aromatic heterocycles. The fraction of sp³-hybridized carbons (Fsp3) is 0.786. The van der Waals surface area contributed by atoms with E-state index in [1.165, 1.54) is 38.5 Å². The summed E-state index contributed by atoms with van der Waals surface area (Å²) in [5.41, 5.74) is 2.01. The van der Waals surface area contributed by atoms with Gasteiger partial charge >= 0.3 is 0 Å². The van der Waals surface area contributed by atoms with E-state index in [9.17, 15) is 0 Å². The number of rotatable bonds is 5. The molecule has 1 aliphatic carbocycles. The molecule has 0 atom stereocenters. The number of hydrogen-bond donors (Lipinski definition) is 1. The van der Waals surface area contributed by atoms with E-state index in [1.807, 2.05) is 18.7 Å². The molecular weight excluding hydrogens is 246 g/mol. The molecule has 102 valence electrons. The smallest absolute Gasteiger partial charge is 0.0860 e. The molecule has 0 aliphatic heterocycles. The van der Waals surface area contributed by atoms with Crippen molar-refractivity contribution in [2.45, 2.75) is 52.0 Å². The molecule has 1 fully saturated rings. The van der Waals surface area contributed by atoms with Crippen LogP contribution in [0.4, 0.5) is 0 Å². The van der Waals surface area contributed by atoms with Crippen LogP contribution in [0.25, 0.3) is 0 Å². The van der Waals surface area contributed by atoms with Crippen molar-refractivity contribution in [2.24, 2.45) is 13.0 Å². The number of hydrogen-bond acceptors (Lipinski definition) is 2. The molecule has 1 aromatic rings. The second-order valence-corrected chi connectivity index (χ2v) is 5.82. The monoisotopic (exact) mass is 269 g/mol. The van der Waals surface area contributed by atoms with Gasteiger partial charge in [-0.1, -0.05) is 43.7 Å². The lowest BCUT2D eigenvalue weighted by atomic mass is 9.87. The van der Waals surface area contributed by atoms with Crippen LogP contribution in [0.15, 0.2) is 0 Å². The Morgan fingerprint density at radius 1 is 1.33 bits per heavy atom. The molecule has 0 aromatic carbocycles. The molecule has 4 heteroatoms. The Balaban J connectivity index is 1.71. The zero-order chi connectivity index (χ0) is 13.0. The number of aryl methyl sites for hydroxylation is 2. The van der Waals surface area contributed by atoms with Gasteiger partial charge < -0.3 is 5.32 Å². The summed E-state index contributed by atoms with van der Waals surface area (Å²) in [6, 6.07) is 0. The molecule has 0 spiro atoms. The van der Waals surface area contributed by atoms with Crippen LogP contribution in [0, 0.1) is 12.8 Å². The maximum absolute atomic E-state index is 6.22. The molecule has 0 bridgehead atoms. The number of halogens is 1. The molecular formula is C14H24ClN3. The van der Waals surface area contributed by atoms with E-state index in [2.05, 4.69) is 10.4 Å². The predicted molar refractivity (Wildman–Crippen MR) is 75.9 cm³/mol. The predicted octanol–water partition coefficient (Wildman–Crippen LogP) is 3.44. The molecule has 3 nitrogen and oxygen atoms in total. The third-order valence-corrected chi connectivity index (χ3v) is 4.50. The lowest BCUT2D eigenvalue weighted by Crippen LogP contribution is -2.20. The van der Waals surface area contributed by atoms with Gasteiger partial charge in [0.15, 0.2) is 0 Å². The van der Waals surface area contributed by atoms with Gasteiger partial charge in [0.2, 0.25) is 0 Å². The highest BCUT2D eigenvalue weighted by Crippen LogP contribution is 2.25. The summed E-state index contributed by atoms with van der Waals surface area (Å²) < 4.78 is 1.88. The normalized spacial score (nSPS) is 17.3. The standard InChI is InChI=1S/C14H24ClN3/c1-11-14(15)13(18(2)17-11)10-16-9-8-12-6-4-3-5-7-12/h12,16H,3-10H2,1-2H3. The summed E-state index contributed by atoms with van der Waals surface area (Å²) in [5.74, 6) is 0.940. The molecule has 1 saturated carbocycles. The summed E-state index contributed by atoms with van der Waals surface area (Å²) in [7, 11) is 1.96. The molecule has 1 N–H and O–H groups in total. The summed E-state index contributed by atoms with van der Waals surface area (Å²) in [4.78, 5) is 0. The van der Waals surface area contributed by atoms with Gasteiger partial charge in [-0.3, -0.25) is 4.68 Å². The second-order valence-electron chi connectivity index (χ2n) is 5.44. The van der Waals surface area contributed by atoms with Crippen LogP contribution in [0.3, 0.4) is 0 Å². The Kier molecular flexibility index (Phi) is 5.07. The molecule has 0 saturated heterocycles. The van der Waals surface area contributed by atoms with Crippen LogP contribution in [-0.2, 0) is 13.6 Å². The topological polar surface area (TPSA) is 29.9 Å². The van der Waals surface area contributed by atoms with Crippen LogP contribution in [0.1, 0.15) is 49.9 Å². The Hall–Kier alpha value is -0.540. The lowest BCUT2D eigenvalue weighted by Gasteiger charge is -2.21. The highest BCUT2D eigenvalue weighted by Gasteiger charge is 2.13. The largest absolute Gasteiger partial charge is 0.311 e. The Morgan fingerprint density at radius 2 is 2.06 bits per heavy atom. The molecule has 1 aliphatic rings.